The van der Waals surface area contributed by atoms with E-state index in [2.05, 4.69) is 0 Å². The van der Waals surface area contributed by atoms with Crippen molar-refractivity contribution >= 4 is 11.0 Å². The van der Waals surface area contributed by atoms with Crippen LogP contribution in [0.2, 0.25) is 0 Å². The number of fused-ring (bicyclic) bond motifs is 1. The first kappa shape index (κ1) is 26.1. The Labute approximate surface area is 221 Å². The van der Waals surface area contributed by atoms with E-state index in [9.17, 15) is 15.0 Å². The van der Waals surface area contributed by atoms with E-state index in [-0.39, 0.29) is 5.92 Å². The van der Waals surface area contributed by atoms with Crippen molar-refractivity contribution in [2.24, 2.45) is 0 Å². The Morgan fingerprint density at radius 1 is 0.895 bits per heavy atom. The van der Waals surface area contributed by atoms with Crippen LogP contribution in [0.4, 0.5) is 0 Å². The fraction of sp³-hybridized carbons (Fsp3) is 0.323. The predicted molar refractivity (Wildman–Crippen MR) is 143 cm³/mol. The number of rotatable bonds is 6. The standard InChI is InChI=1S/C31H32O7/c1-18-23(36-30-27(34)26(33)29(35-4)31(2,3)38-30)16-15-21-22(17-24(32)37-28(18)21)25(19-11-7-5-8-12-19)20-13-9-6-10-14-20/h5-17,25-27,29-30,33-34H,1-4H3/t26-,27+,29+,30+/m0/s1. The van der Waals surface area contributed by atoms with Crippen molar-refractivity contribution in [3.63, 3.8) is 0 Å². The second-order valence-electron chi connectivity index (χ2n) is 10.2. The number of aryl methyl sites for hydroxylation is 1. The van der Waals surface area contributed by atoms with Crippen LogP contribution in [-0.2, 0) is 9.47 Å². The Hall–Kier alpha value is -3.49. The van der Waals surface area contributed by atoms with Gasteiger partial charge >= 0.3 is 5.63 Å². The van der Waals surface area contributed by atoms with Gasteiger partial charge in [0.25, 0.3) is 0 Å². The molecule has 2 N–H and O–H groups in total. The van der Waals surface area contributed by atoms with Gasteiger partial charge in [-0.05, 0) is 49.6 Å². The summed E-state index contributed by atoms with van der Waals surface area (Å²) >= 11 is 0. The van der Waals surface area contributed by atoms with Gasteiger partial charge < -0.3 is 28.8 Å². The van der Waals surface area contributed by atoms with E-state index in [4.69, 9.17) is 18.6 Å². The lowest BCUT2D eigenvalue weighted by Crippen LogP contribution is -2.63. The molecule has 1 aliphatic heterocycles. The van der Waals surface area contributed by atoms with Crippen molar-refractivity contribution in [3.8, 4) is 5.75 Å². The van der Waals surface area contributed by atoms with Crippen LogP contribution in [0, 0.1) is 6.92 Å². The van der Waals surface area contributed by atoms with E-state index in [1.807, 2.05) is 66.7 Å². The summed E-state index contributed by atoms with van der Waals surface area (Å²) in [5.74, 6) is 0.178. The molecule has 0 bridgehead atoms. The third-order valence-corrected chi connectivity index (χ3v) is 7.26. The van der Waals surface area contributed by atoms with Crippen LogP contribution in [0.25, 0.3) is 11.0 Å². The van der Waals surface area contributed by atoms with Crippen molar-refractivity contribution in [1.82, 2.24) is 0 Å². The minimum atomic E-state index is -1.35. The molecule has 1 aromatic heterocycles. The van der Waals surface area contributed by atoms with Gasteiger partial charge in [0.2, 0.25) is 6.29 Å². The molecule has 0 unspecified atom stereocenters. The summed E-state index contributed by atoms with van der Waals surface area (Å²) in [5, 5.41) is 22.1. The molecule has 7 heteroatoms. The average molecular weight is 517 g/mol. The van der Waals surface area contributed by atoms with Crippen molar-refractivity contribution in [2.75, 3.05) is 7.11 Å². The maximum atomic E-state index is 12.9. The zero-order valence-corrected chi connectivity index (χ0v) is 21.8. The van der Waals surface area contributed by atoms with E-state index in [1.165, 1.54) is 7.11 Å². The lowest BCUT2D eigenvalue weighted by atomic mass is 9.83. The van der Waals surface area contributed by atoms with Crippen LogP contribution < -0.4 is 10.4 Å². The highest BCUT2D eigenvalue weighted by molar-refractivity contribution is 5.86. The highest BCUT2D eigenvalue weighted by Crippen LogP contribution is 2.39. The molecule has 38 heavy (non-hydrogen) atoms. The summed E-state index contributed by atoms with van der Waals surface area (Å²) in [6, 6.07) is 25.2. The zero-order valence-electron chi connectivity index (χ0n) is 21.8. The Morgan fingerprint density at radius 2 is 1.50 bits per heavy atom. The quantitative estimate of drug-likeness (QED) is 0.363. The van der Waals surface area contributed by atoms with Crippen LogP contribution in [0.5, 0.6) is 5.75 Å². The van der Waals surface area contributed by atoms with Gasteiger partial charge in [0.15, 0.2) is 0 Å². The van der Waals surface area contributed by atoms with Crippen LogP contribution >= 0.6 is 0 Å². The molecule has 4 atom stereocenters. The van der Waals surface area contributed by atoms with Gasteiger partial charge in [-0.2, -0.15) is 0 Å². The number of aliphatic hydroxyl groups excluding tert-OH is 2. The lowest BCUT2D eigenvalue weighted by Gasteiger charge is -2.46. The summed E-state index contributed by atoms with van der Waals surface area (Å²) in [5.41, 5.74) is 2.49. The first-order valence-corrected chi connectivity index (χ1v) is 12.6. The van der Waals surface area contributed by atoms with Crippen LogP contribution in [-0.4, -0.2) is 47.5 Å². The number of aliphatic hydroxyl groups is 2. The Morgan fingerprint density at radius 3 is 2.08 bits per heavy atom. The molecule has 1 saturated heterocycles. The van der Waals surface area contributed by atoms with E-state index < -0.39 is 35.8 Å². The fourth-order valence-corrected chi connectivity index (χ4v) is 5.41. The van der Waals surface area contributed by atoms with Crippen molar-refractivity contribution < 1.29 is 28.8 Å². The third kappa shape index (κ3) is 4.74. The highest BCUT2D eigenvalue weighted by atomic mass is 16.7. The van der Waals surface area contributed by atoms with Crippen LogP contribution in [0.1, 0.15) is 42.0 Å². The number of hydrogen-bond acceptors (Lipinski definition) is 7. The zero-order chi connectivity index (χ0) is 27.0. The van der Waals surface area contributed by atoms with E-state index >= 15 is 0 Å². The van der Waals surface area contributed by atoms with Gasteiger partial charge in [-0.1, -0.05) is 60.7 Å². The molecule has 0 radical (unpaired) electrons. The second kappa shape index (κ2) is 10.3. The fourth-order valence-electron chi connectivity index (χ4n) is 5.41. The summed E-state index contributed by atoms with van der Waals surface area (Å²) in [6.45, 7) is 5.32. The van der Waals surface area contributed by atoms with Gasteiger partial charge in [0.05, 0.1) is 5.60 Å². The molecule has 5 rings (SSSR count). The number of ether oxygens (including phenoxy) is 3. The molecule has 1 fully saturated rings. The molecular formula is C31H32O7. The topological polar surface area (TPSA) is 98.4 Å². The second-order valence-corrected chi connectivity index (χ2v) is 10.2. The molecule has 7 nitrogen and oxygen atoms in total. The minimum absolute atomic E-state index is 0.194. The van der Waals surface area contributed by atoms with Gasteiger partial charge in [0, 0.05) is 30.0 Å². The van der Waals surface area contributed by atoms with Gasteiger partial charge in [-0.3, -0.25) is 0 Å². The van der Waals surface area contributed by atoms with Crippen LogP contribution in [0.15, 0.2) is 88.1 Å². The first-order chi connectivity index (χ1) is 18.2. The Balaban J connectivity index is 1.59. The smallest absolute Gasteiger partial charge is 0.336 e. The molecule has 0 saturated carbocycles. The number of benzene rings is 3. The summed E-state index contributed by atoms with van der Waals surface area (Å²) in [6.07, 6.45) is -4.44. The molecule has 2 heterocycles. The van der Waals surface area contributed by atoms with Gasteiger partial charge in [-0.25, -0.2) is 4.79 Å². The van der Waals surface area contributed by atoms with E-state index in [0.29, 0.717) is 16.9 Å². The first-order valence-electron chi connectivity index (χ1n) is 12.6. The molecule has 4 aromatic rings. The van der Waals surface area contributed by atoms with Gasteiger partial charge in [0.1, 0.15) is 29.6 Å². The average Bonchev–Trinajstić information content (AvgIpc) is 2.90. The predicted octanol–water partition coefficient (Wildman–Crippen LogP) is 4.53. The molecule has 0 spiro atoms. The van der Waals surface area contributed by atoms with E-state index in [1.54, 1.807) is 32.9 Å². The normalized spacial score (nSPS) is 23.0. The Bertz CT molecular complexity index is 1420. The monoisotopic (exact) mass is 516 g/mol. The lowest BCUT2D eigenvalue weighted by molar-refractivity contribution is -0.306. The van der Waals surface area contributed by atoms with Crippen molar-refractivity contribution in [1.29, 1.82) is 0 Å². The molecule has 3 aromatic carbocycles. The largest absolute Gasteiger partial charge is 0.462 e. The number of hydrogen-bond donors (Lipinski definition) is 2. The maximum Gasteiger partial charge on any atom is 0.336 e. The third-order valence-electron chi connectivity index (χ3n) is 7.26. The SMILES string of the molecule is CO[C@@H]1[C@@H](O)[C@@H](O)[C@H](Oc2ccc3c(C(c4ccccc4)c4ccccc4)cc(=O)oc3c2C)OC1(C)C. The molecule has 198 valence electrons. The molecular weight excluding hydrogens is 484 g/mol. The summed E-state index contributed by atoms with van der Waals surface area (Å²) in [4.78, 5) is 12.9. The van der Waals surface area contributed by atoms with Crippen molar-refractivity contribution in [3.05, 3.63) is 112 Å². The summed E-state index contributed by atoms with van der Waals surface area (Å²) in [7, 11) is 1.46. The van der Waals surface area contributed by atoms with E-state index in [0.717, 1.165) is 22.1 Å². The number of methoxy groups -OCH3 is 1. The van der Waals surface area contributed by atoms with Crippen molar-refractivity contribution in [2.45, 2.75) is 56.9 Å². The molecule has 0 aliphatic carbocycles. The minimum Gasteiger partial charge on any atom is -0.462 e. The molecule has 1 aliphatic rings. The Kier molecular flexibility index (Phi) is 7.11. The molecule has 0 amide bonds. The van der Waals surface area contributed by atoms with Crippen LogP contribution in [0.3, 0.4) is 0 Å². The maximum absolute atomic E-state index is 12.9. The van der Waals surface area contributed by atoms with Gasteiger partial charge in [-0.15, -0.1) is 0 Å². The summed E-state index contributed by atoms with van der Waals surface area (Å²) < 4.78 is 23.1. The highest BCUT2D eigenvalue weighted by Gasteiger charge is 2.50.